The van der Waals surface area contributed by atoms with Gasteiger partial charge in [0.25, 0.3) is 0 Å². The monoisotopic (exact) mass is 282 g/mol. The Bertz CT molecular complexity index is 616. The Morgan fingerprint density at radius 3 is 2.10 bits per heavy atom. The Labute approximate surface area is 112 Å². The highest BCUT2D eigenvalue weighted by molar-refractivity contribution is 5.87. The molecule has 104 valence electrons. The molecule has 0 spiro atoms. The van der Waals surface area contributed by atoms with Crippen molar-refractivity contribution in [2.75, 3.05) is 0 Å². The Kier molecular flexibility index (Phi) is 3.93. The average Bonchev–Trinajstić information content (AvgIpc) is 2.39. The number of aromatic carboxylic acids is 1. The Morgan fingerprint density at radius 2 is 1.60 bits per heavy atom. The first kappa shape index (κ1) is 13.9. The zero-order valence-electron chi connectivity index (χ0n) is 10.1. The number of rotatable bonds is 4. The molecule has 0 atom stereocenters. The summed E-state index contributed by atoms with van der Waals surface area (Å²) in [6.45, 7) is -0.166. The Balaban J connectivity index is 2.17. The summed E-state index contributed by atoms with van der Waals surface area (Å²) in [6.07, 6.45) is 0. The van der Waals surface area contributed by atoms with Gasteiger partial charge in [0.15, 0.2) is 17.4 Å². The lowest BCUT2D eigenvalue weighted by Gasteiger charge is -2.09. The van der Waals surface area contributed by atoms with Gasteiger partial charge in [-0.2, -0.15) is 0 Å². The van der Waals surface area contributed by atoms with E-state index in [1.807, 2.05) is 0 Å². The molecule has 0 unspecified atom stereocenters. The molecule has 2 aromatic rings. The van der Waals surface area contributed by atoms with Gasteiger partial charge in [0, 0.05) is 0 Å². The summed E-state index contributed by atoms with van der Waals surface area (Å²) in [5.74, 6) is -4.75. The molecule has 0 aliphatic heterocycles. The maximum absolute atomic E-state index is 13.5. The van der Waals surface area contributed by atoms with E-state index in [0.29, 0.717) is 17.7 Å². The van der Waals surface area contributed by atoms with Gasteiger partial charge in [-0.25, -0.2) is 18.0 Å². The van der Waals surface area contributed by atoms with Gasteiger partial charge in [-0.3, -0.25) is 0 Å². The predicted molar refractivity (Wildman–Crippen MR) is 64.0 cm³/mol. The molecule has 0 saturated carbocycles. The molecule has 0 amide bonds. The van der Waals surface area contributed by atoms with E-state index in [2.05, 4.69) is 0 Å². The quantitative estimate of drug-likeness (QED) is 0.935. The summed E-state index contributed by atoms with van der Waals surface area (Å²) >= 11 is 0. The normalized spacial score (nSPS) is 10.3. The fourth-order valence-electron chi connectivity index (χ4n) is 1.56. The highest BCUT2D eigenvalue weighted by Gasteiger charge is 2.16. The number of hydrogen-bond acceptors (Lipinski definition) is 2. The molecule has 0 heterocycles. The average molecular weight is 282 g/mol. The van der Waals surface area contributed by atoms with Crippen molar-refractivity contribution in [3.8, 4) is 5.75 Å². The van der Waals surface area contributed by atoms with Crippen molar-refractivity contribution in [2.24, 2.45) is 0 Å². The largest absolute Gasteiger partial charge is 0.483 e. The van der Waals surface area contributed by atoms with Crippen LogP contribution >= 0.6 is 0 Å². The second kappa shape index (κ2) is 5.64. The smallest absolute Gasteiger partial charge is 0.335 e. The summed E-state index contributed by atoms with van der Waals surface area (Å²) in [7, 11) is 0. The van der Waals surface area contributed by atoms with E-state index in [-0.39, 0.29) is 6.61 Å². The lowest BCUT2D eigenvalue weighted by molar-refractivity contribution is 0.0695. The van der Waals surface area contributed by atoms with Gasteiger partial charge in [0.1, 0.15) is 12.4 Å². The molecule has 0 radical (unpaired) electrons. The lowest BCUT2D eigenvalue weighted by Crippen LogP contribution is -2.04. The number of carboxylic acid groups (broad SMARTS) is 1. The summed E-state index contributed by atoms with van der Waals surface area (Å²) in [6, 6.07) is 6.56. The van der Waals surface area contributed by atoms with E-state index in [9.17, 15) is 18.0 Å². The summed E-state index contributed by atoms with van der Waals surface area (Å²) in [4.78, 5) is 10.6. The maximum atomic E-state index is 13.5. The van der Waals surface area contributed by atoms with Gasteiger partial charge in [-0.1, -0.05) is 12.1 Å². The van der Waals surface area contributed by atoms with Crippen molar-refractivity contribution in [1.82, 2.24) is 0 Å². The molecule has 0 aromatic heterocycles. The fourth-order valence-corrected chi connectivity index (χ4v) is 1.56. The molecule has 1 N–H and O–H groups in total. The topological polar surface area (TPSA) is 46.5 Å². The van der Waals surface area contributed by atoms with Gasteiger partial charge in [-0.15, -0.1) is 0 Å². The molecule has 3 nitrogen and oxygen atoms in total. The van der Waals surface area contributed by atoms with Gasteiger partial charge >= 0.3 is 5.97 Å². The third-order valence-electron chi connectivity index (χ3n) is 2.54. The molecule has 0 bridgehead atoms. The van der Waals surface area contributed by atoms with E-state index < -0.39 is 34.7 Å². The fraction of sp³-hybridized carbons (Fsp3) is 0.0714. The van der Waals surface area contributed by atoms with Crippen LogP contribution < -0.4 is 4.74 Å². The summed E-state index contributed by atoms with van der Waals surface area (Å²) in [5.41, 5.74) is 0.0154. The number of ether oxygens (including phenoxy) is 1. The molecule has 20 heavy (non-hydrogen) atoms. The van der Waals surface area contributed by atoms with Gasteiger partial charge in [0.2, 0.25) is 0 Å². The summed E-state index contributed by atoms with van der Waals surface area (Å²) in [5, 5.41) is 8.65. The first-order valence-electron chi connectivity index (χ1n) is 5.57. The highest BCUT2D eigenvalue weighted by Crippen LogP contribution is 2.24. The third kappa shape index (κ3) is 3.09. The first-order valence-corrected chi connectivity index (χ1v) is 5.57. The van der Waals surface area contributed by atoms with Crippen LogP contribution in [0.4, 0.5) is 13.2 Å². The summed E-state index contributed by atoms with van der Waals surface area (Å²) < 4.78 is 44.7. The van der Waals surface area contributed by atoms with Crippen LogP contribution in [0.2, 0.25) is 0 Å². The van der Waals surface area contributed by atoms with Crippen molar-refractivity contribution in [3.05, 3.63) is 65.0 Å². The van der Waals surface area contributed by atoms with Crippen molar-refractivity contribution in [1.29, 1.82) is 0 Å². The Morgan fingerprint density at radius 1 is 1.05 bits per heavy atom. The SMILES string of the molecule is O=C(O)c1cc(F)c(OCc2ccc(F)cc2)c(F)c1. The zero-order chi connectivity index (χ0) is 14.7. The van der Waals surface area contributed by atoms with E-state index in [0.717, 1.165) is 0 Å². The van der Waals surface area contributed by atoms with Crippen LogP contribution in [0.5, 0.6) is 5.75 Å². The van der Waals surface area contributed by atoms with E-state index >= 15 is 0 Å². The number of carbonyl (C=O) groups is 1. The Hall–Kier alpha value is -2.50. The van der Waals surface area contributed by atoms with Crippen LogP contribution in [-0.2, 0) is 6.61 Å². The number of carboxylic acids is 1. The van der Waals surface area contributed by atoms with Crippen molar-refractivity contribution in [3.63, 3.8) is 0 Å². The number of hydrogen-bond donors (Lipinski definition) is 1. The van der Waals surface area contributed by atoms with Crippen molar-refractivity contribution in [2.45, 2.75) is 6.61 Å². The third-order valence-corrected chi connectivity index (χ3v) is 2.54. The lowest BCUT2D eigenvalue weighted by atomic mass is 10.2. The molecular weight excluding hydrogens is 273 g/mol. The number of halogens is 3. The second-order valence-electron chi connectivity index (χ2n) is 3.99. The molecular formula is C14H9F3O3. The van der Waals surface area contributed by atoms with Gasteiger partial charge < -0.3 is 9.84 Å². The van der Waals surface area contributed by atoms with Crippen LogP contribution in [0.1, 0.15) is 15.9 Å². The van der Waals surface area contributed by atoms with Gasteiger partial charge in [-0.05, 0) is 29.8 Å². The number of benzene rings is 2. The molecule has 6 heteroatoms. The van der Waals surface area contributed by atoms with Crippen molar-refractivity contribution < 1.29 is 27.8 Å². The minimum absolute atomic E-state index is 0.166. The molecule has 0 fully saturated rings. The highest BCUT2D eigenvalue weighted by atomic mass is 19.1. The standard InChI is InChI=1S/C14H9F3O3/c15-10-3-1-8(2-4-10)7-20-13-11(16)5-9(14(18)19)6-12(13)17/h1-6H,7H2,(H,18,19). The molecule has 0 aliphatic carbocycles. The van der Waals surface area contributed by atoms with Crippen LogP contribution in [-0.4, -0.2) is 11.1 Å². The van der Waals surface area contributed by atoms with Crippen LogP contribution in [0, 0.1) is 17.5 Å². The zero-order valence-corrected chi connectivity index (χ0v) is 10.1. The first-order chi connectivity index (χ1) is 9.47. The van der Waals surface area contributed by atoms with E-state index in [1.165, 1.54) is 24.3 Å². The van der Waals surface area contributed by atoms with Gasteiger partial charge in [0.05, 0.1) is 5.56 Å². The minimum atomic E-state index is -1.44. The van der Waals surface area contributed by atoms with Crippen LogP contribution in [0.15, 0.2) is 36.4 Å². The molecule has 0 saturated heterocycles. The van der Waals surface area contributed by atoms with E-state index in [1.54, 1.807) is 0 Å². The minimum Gasteiger partial charge on any atom is -0.483 e. The van der Waals surface area contributed by atoms with Crippen molar-refractivity contribution >= 4 is 5.97 Å². The molecule has 2 aromatic carbocycles. The molecule has 0 aliphatic rings. The van der Waals surface area contributed by atoms with Crippen LogP contribution in [0.3, 0.4) is 0 Å². The maximum Gasteiger partial charge on any atom is 0.335 e. The molecule has 2 rings (SSSR count). The second-order valence-corrected chi connectivity index (χ2v) is 3.99. The van der Waals surface area contributed by atoms with Crippen LogP contribution in [0.25, 0.3) is 0 Å². The van der Waals surface area contributed by atoms with E-state index in [4.69, 9.17) is 9.84 Å². The predicted octanol–water partition coefficient (Wildman–Crippen LogP) is 3.38.